The number of aromatic carboxylic acids is 1. The molecule has 0 aliphatic carbocycles. The van der Waals surface area contributed by atoms with Crippen molar-refractivity contribution in [2.24, 2.45) is 0 Å². The van der Waals surface area contributed by atoms with E-state index in [9.17, 15) is 13.2 Å². The fourth-order valence-corrected chi connectivity index (χ4v) is 5.02. The van der Waals surface area contributed by atoms with Crippen LogP contribution in [0.2, 0.25) is 0 Å². The van der Waals surface area contributed by atoms with Gasteiger partial charge in [-0.2, -0.15) is 4.31 Å². The SMILES string of the molecule is Cc1oc(C(=O)O)cc1S(=O)(=O)N1CCCC1Cc1ccccc1. The zero-order chi connectivity index (χ0) is 17.3. The normalized spacial score (nSPS) is 18.8. The Bertz CT molecular complexity index is 841. The van der Waals surface area contributed by atoms with Crippen molar-refractivity contribution in [2.45, 2.75) is 37.1 Å². The molecule has 1 atom stereocenters. The third kappa shape index (κ3) is 3.09. The number of aryl methyl sites for hydroxylation is 1. The van der Waals surface area contributed by atoms with Gasteiger partial charge in [0.2, 0.25) is 15.8 Å². The molecule has 2 heterocycles. The maximum Gasteiger partial charge on any atom is 0.371 e. The summed E-state index contributed by atoms with van der Waals surface area (Å²) in [7, 11) is -3.78. The van der Waals surface area contributed by atoms with Gasteiger partial charge in [0.15, 0.2) is 0 Å². The first kappa shape index (κ1) is 16.7. The fourth-order valence-electron chi connectivity index (χ4n) is 3.17. The van der Waals surface area contributed by atoms with Crippen LogP contribution < -0.4 is 0 Å². The topological polar surface area (TPSA) is 87.8 Å². The molecule has 0 bridgehead atoms. The zero-order valence-corrected chi connectivity index (χ0v) is 14.1. The Kier molecular flexibility index (Phi) is 4.47. The molecule has 1 aliphatic heterocycles. The molecule has 1 aromatic heterocycles. The van der Waals surface area contributed by atoms with Crippen LogP contribution in [0.5, 0.6) is 0 Å². The molecule has 1 fully saturated rings. The predicted molar refractivity (Wildman–Crippen MR) is 87.5 cm³/mol. The minimum atomic E-state index is -3.78. The quantitative estimate of drug-likeness (QED) is 0.896. The molecular weight excluding hydrogens is 330 g/mol. The van der Waals surface area contributed by atoms with E-state index in [0.717, 1.165) is 24.5 Å². The molecule has 1 saturated heterocycles. The van der Waals surface area contributed by atoms with Crippen LogP contribution in [-0.4, -0.2) is 36.4 Å². The Labute approximate surface area is 140 Å². The van der Waals surface area contributed by atoms with Gasteiger partial charge in [-0.05, 0) is 31.7 Å². The third-order valence-corrected chi connectivity index (χ3v) is 6.37. The van der Waals surface area contributed by atoms with Crippen molar-refractivity contribution in [1.29, 1.82) is 0 Å². The van der Waals surface area contributed by atoms with Crippen LogP contribution in [-0.2, 0) is 16.4 Å². The van der Waals surface area contributed by atoms with Crippen molar-refractivity contribution < 1.29 is 22.7 Å². The summed E-state index contributed by atoms with van der Waals surface area (Å²) < 4.78 is 32.5. The molecule has 0 spiro atoms. The average Bonchev–Trinajstić information content (AvgIpc) is 3.15. The molecule has 2 aromatic rings. The largest absolute Gasteiger partial charge is 0.475 e. The van der Waals surface area contributed by atoms with Gasteiger partial charge in [-0.25, -0.2) is 13.2 Å². The number of furan rings is 1. The molecule has 128 valence electrons. The van der Waals surface area contributed by atoms with Gasteiger partial charge < -0.3 is 9.52 Å². The number of sulfonamides is 1. The highest BCUT2D eigenvalue weighted by molar-refractivity contribution is 7.89. The summed E-state index contributed by atoms with van der Waals surface area (Å²) in [4.78, 5) is 11.0. The lowest BCUT2D eigenvalue weighted by atomic mass is 10.1. The molecule has 1 aliphatic rings. The number of carboxylic acids is 1. The van der Waals surface area contributed by atoms with Crippen molar-refractivity contribution in [3.63, 3.8) is 0 Å². The van der Waals surface area contributed by atoms with Gasteiger partial charge in [0.05, 0.1) is 0 Å². The predicted octanol–water partition coefficient (Wildman–Crippen LogP) is 2.68. The van der Waals surface area contributed by atoms with Crippen LogP contribution in [0.25, 0.3) is 0 Å². The highest BCUT2D eigenvalue weighted by Crippen LogP contribution is 2.31. The molecule has 0 radical (unpaired) electrons. The molecule has 3 rings (SSSR count). The molecular formula is C17H19NO5S. The first-order chi connectivity index (χ1) is 11.4. The smallest absolute Gasteiger partial charge is 0.371 e. The summed E-state index contributed by atoms with van der Waals surface area (Å²) in [5.74, 6) is -1.52. The number of benzene rings is 1. The second-order valence-corrected chi connectivity index (χ2v) is 7.80. The van der Waals surface area contributed by atoms with Crippen molar-refractivity contribution in [3.05, 3.63) is 53.5 Å². The average molecular weight is 349 g/mol. The van der Waals surface area contributed by atoms with E-state index in [-0.39, 0.29) is 22.5 Å². The molecule has 1 unspecified atom stereocenters. The maximum absolute atomic E-state index is 13.0. The number of nitrogens with zero attached hydrogens (tertiary/aromatic N) is 1. The van der Waals surface area contributed by atoms with E-state index >= 15 is 0 Å². The molecule has 0 saturated carbocycles. The second kappa shape index (κ2) is 6.41. The molecule has 24 heavy (non-hydrogen) atoms. The van der Waals surface area contributed by atoms with Gasteiger partial charge in [-0.1, -0.05) is 30.3 Å². The van der Waals surface area contributed by atoms with E-state index in [1.54, 1.807) is 0 Å². The Morgan fingerprint density at radius 3 is 2.67 bits per heavy atom. The highest BCUT2D eigenvalue weighted by Gasteiger charge is 2.37. The lowest BCUT2D eigenvalue weighted by molar-refractivity contribution is 0.0661. The maximum atomic E-state index is 13.0. The summed E-state index contributed by atoms with van der Waals surface area (Å²) in [6.45, 7) is 1.91. The molecule has 1 aromatic carbocycles. The van der Waals surface area contributed by atoms with Crippen LogP contribution in [0.15, 0.2) is 45.7 Å². The minimum absolute atomic E-state index is 0.0557. The van der Waals surface area contributed by atoms with Crippen molar-refractivity contribution in [1.82, 2.24) is 4.31 Å². The Balaban J connectivity index is 1.89. The van der Waals surface area contributed by atoms with Gasteiger partial charge in [-0.3, -0.25) is 0 Å². The lowest BCUT2D eigenvalue weighted by Gasteiger charge is -2.23. The third-order valence-electron chi connectivity index (χ3n) is 4.31. The second-order valence-electron chi connectivity index (χ2n) is 5.94. The van der Waals surface area contributed by atoms with E-state index < -0.39 is 16.0 Å². The minimum Gasteiger partial charge on any atom is -0.475 e. The van der Waals surface area contributed by atoms with Gasteiger partial charge in [0, 0.05) is 18.7 Å². The summed E-state index contributed by atoms with van der Waals surface area (Å²) >= 11 is 0. The number of carboxylic acid groups (broad SMARTS) is 1. The summed E-state index contributed by atoms with van der Waals surface area (Å²) in [5, 5.41) is 9.00. The fraction of sp³-hybridized carbons (Fsp3) is 0.353. The zero-order valence-electron chi connectivity index (χ0n) is 13.3. The summed E-state index contributed by atoms with van der Waals surface area (Å²) in [5.41, 5.74) is 1.08. The summed E-state index contributed by atoms with van der Waals surface area (Å²) in [6, 6.07) is 10.7. The van der Waals surface area contributed by atoms with Crippen LogP contribution in [0.4, 0.5) is 0 Å². The first-order valence-corrected chi connectivity index (χ1v) is 9.23. The van der Waals surface area contributed by atoms with Crippen LogP contribution in [0.1, 0.15) is 34.7 Å². The van der Waals surface area contributed by atoms with Crippen LogP contribution in [0, 0.1) is 6.92 Å². The number of carbonyl (C=O) groups is 1. The summed E-state index contributed by atoms with van der Waals surface area (Å²) in [6.07, 6.45) is 2.22. The van der Waals surface area contributed by atoms with Gasteiger partial charge in [0.1, 0.15) is 10.7 Å². The van der Waals surface area contributed by atoms with Gasteiger partial charge in [0.25, 0.3) is 0 Å². The number of hydrogen-bond donors (Lipinski definition) is 1. The first-order valence-electron chi connectivity index (χ1n) is 7.79. The van der Waals surface area contributed by atoms with E-state index in [4.69, 9.17) is 9.52 Å². The van der Waals surface area contributed by atoms with Crippen LogP contribution in [0.3, 0.4) is 0 Å². The monoisotopic (exact) mass is 349 g/mol. The lowest BCUT2D eigenvalue weighted by Crippen LogP contribution is -2.36. The van der Waals surface area contributed by atoms with Crippen molar-refractivity contribution in [3.8, 4) is 0 Å². The van der Waals surface area contributed by atoms with E-state index in [1.165, 1.54) is 11.2 Å². The van der Waals surface area contributed by atoms with Crippen LogP contribution >= 0.6 is 0 Å². The van der Waals surface area contributed by atoms with Gasteiger partial charge in [-0.15, -0.1) is 0 Å². The van der Waals surface area contributed by atoms with Crippen molar-refractivity contribution in [2.75, 3.05) is 6.54 Å². The van der Waals surface area contributed by atoms with Gasteiger partial charge >= 0.3 is 5.97 Å². The molecule has 7 heteroatoms. The van der Waals surface area contributed by atoms with E-state index in [0.29, 0.717) is 13.0 Å². The Hall–Kier alpha value is -2.12. The standard InChI is InChI=1S/C17H19NO5S/c1-12-16(11-15(23-12)17(19)20)24(21,22)18-9-5-8-14(18)10-13-6-3-2-4-7-13/h2-4,6-7,11,14H,5,8-10H2,1H3,(H,19,20). The molecule has 1 N–H and O–H groups in total. The molecule has 0 amide bonds. The Morgan fingerprint density at radius 2 is 2.04 bits per heavy atom. The molecule has 6 nitrogen and oxygen atoms in total. The number of rotatable bonds is 5. The number of hydrogen-bond acceptors (Lipinski definition) is 4. The Morgan fingerprint density at radius 1 is 1.33 bits per heavy atom. The highest BCUT2D eigenvalue weighted by atomic mass is 32.2. The van der Waals surface area contributed by atoms with E-state index in [1.807, 2.05) is 30.3 Å². The van der Waals surface area contributed by atoms with E-state index in [2.05, 4.69) is 0 Å². The van der Waals surface area contributed by atoms with Crippen molar-refractivity contribution >= 4 is 16.0 Å².